The summed E-state index contributed by atoms with van der Waals surface area (Å²) in [6.45, 7) is 2.06. The van der Waals surface area contributed by atoms with Crippen molar-refractivity contribution in [2.75, 3.05) is 13.2 Å². The second-order valence-corrected chi connectivity index (χ2v) is 3.11. The van der Waals surface area contributed by atoms with Crippen LogP contribution in [0.4, 0.5) is 0 Å². The van der Waals surface area contributed by atoms with Crippen molar-refractivity contribution in [3.05, 3.63) is 24.3 Å². The highest BCUT2D eigenvalue weighted by atomic mass is 32.1. The highest BCUT2D eigenvalue weighted by molar-refractivity contribution is 7.80. The molecule has 1 aromatic carbocycles. The van der Waals surface area contributed by atoms with E-state index < -0.39 is 0 Å². The van der Waals surface area contributed by atoms with Gasteiger partial charge in [-0.1, -0.05) is 6.07 Å². The maximum absolute atomic E-state index is 10.9. The minimum atomic E-state index is -0.364. The van der Waals surface area contributed by atoms with Crippen molar-refractivity contribution < 1.29 is 14.3 Å². The van der Waals surface area contributed by atoms with E-state index in [2.05, 4.69) is 12.6 Å². The number of hydrogen-bond acceptors (Lipinski definition) is 4. The first-order chi connectivity index (χ1) is 6.72. The molecule has 14 heavy (non-hydrogen) atoms. The van der Waals surface area contributed by atoms with Gasteiger partial charge < -0.3 is 9.47 Å². The Balaban J connectivity index is 2.41. The summed E-state index contributed by atoms with van der Waals surface area (Å²) >= 11 is 4.14. The van der Waals surface area contributed by atoms with Gasteiger partial charge >= 0.3 is 5.97 Å². The molecule has 0 aromatic heterocycles. The molecule has 4 heteroatoms. The molecule has 0 amide bonds. The molecule has 76 valence electrons. The van der Waals surface area contributed by atoms with Gasteiger partial charge in [0.15, 0.2) is 6.61 Å². The lowest BCUT2D eigenvalue weighted by Gasteiger charge is -2.05. The van der Waals surface area contributed by atoms with E-state index in [1.54, 1.807) is 19.1 Å². The fourth-order valence-corrected chi connectivity index (χ4v) is 1.13. The van der Waals surface area contributed by atoms with Gasteiger partial charge in [0.25, 0.3) is 0 Å². The summed E-state index contributed by atoms with van der Waals surface area (Å²) < 4.78 is 9.89. The molecule has 0 bridgehead atoms. The normalized spacial score (nSPS) is 9.57. The number of carbonyl (C=O) groups is 1. The van der Waals surface area contributed by atoms with Gasteiger partial charge in [-0.2, -0.15) is 0 Å². The molecule has 0 aliphatic carbocycles. The molecule has 0 spiro atoms. The third kappa shape index (κ3) is 3.70. The van der Waals surface area contributed by atoms with Crippen LogP contribution in [0.2, 0.25) is 0 Å². The quantitative estimate of drug-likeness (QED) is 0.611. The summed E-state index contributed by atoms with van der Waals surface area (Å²) in [5.74, 6) is 0.252. The van der Waals surface area contributed by atoms with E-state index >= 15 is 0 Å². The molecular weight excluding hydrogens is 200 g/mol. The number of esters is 1. The van der Waals surface area contributed by atoms with E-state index in [1.165, 1.54) is 0 Å². The maximum Gasteiger partial charge on any atom is 0.344 e. The SMILES string of the molecule is CCOC(=O)COc1cccc(S)c1. The van der Waals surface area contributed by atoms with Crippen LogP contribution >= 0.6 is 12.6 Å². The number of rotatable bonds is 4. The van der Waals surface area contributed by atoms with Crippen molar-refractivity contribution in [1.29, 1.82) is 0 Å². The average molecular weight is 212 g/mol. The molecule has 0 N–H and O–H groups in total. The van der Waals surface area contributed by atoms with Crippen LogP contribution in [-0.4, -0.2) is 19.2 Å². The molecule has 3 nitrogen and oxygen atoms in total. The molecule has 1 rings (SSSR count). The van der Waals surface area contributed by atoms with Crippen molar-refractivity contribution in [1.82, 2.24) is 0 Å². The third-order valence-electron chi connectivity index (χ3n) is 1.48. The topological polar surface area (TPSA) is 35.5 Å². The standard InChI is InChI=1S/C10H12O3S/c1-2-12-10(11)7-13-8-4-3-5-9(14)6-8/h3-6,14H,2,7H2,1H3. The van der Waals surface area contributed by atoms with Gasteiger partial charge in [0.1, 0.15) is 5.75 Å². The molecule has 0 aliphatic rings. The summed E-state index contributed by atoms with van der Waals surface area (Å²) in [5.41, 5.74) is 0. The van der Waals surface area contributed by atoms with Crippen LogP contribution in [0, 0.1) is 0 Å². The van der Waals surface area contributed by atoms with Crippen LogP contribution < -0.4 is 4.74 Å². The number of hydrogen-bond donors (Lipinski definition) is 1. The lowest BCUT2D eigenvalue weighted by atomic mass is 10.3. The number of ether oxygens (including phenoxy) is 2. The van der Waals surface area contributed by atoms with Gasteiger partial charge in [0.05, 0.1) is 6.61 Å². The first-order valence-corrected chi connectivity index (χ1v) is 4.74. The zero-order valence-corrected chi connectivity index (χ0v) is 8.79. The Morgan fingerprint density at radius 2 is 2.29 bits per heavy atom. The highest BCUT2D eigenvalue weighted by Gasteiger charge is 2.02. The first kappa shape index (κ1) is 10.9. The fraction of sp³-hybridized carbons (Fsp3) is 0.300. The van der Waals surface area contributed by atoms with E-state index in [-0.39, 0.29) is 12.6 Å². The van der Waals surface area contributed by atoms with Crippen LogP contribution in [0.15, 0.2) is 29.2 Å². The molecule has 0 fully saturated rings. The van der Waals surface area contributed by atoms with E-state index in [0.29, 0.717) is 12.4 Å². The Kier molecular flexibility index (Phi) is 4.32. The Bertz CT molecular complexity index is 312. The van der Waals surface area contributed by atoms with Crippen LogP contribution in [0.25, 0.3) is 0 Å². The monoisotopic (exact) mass is 212 g/mol. The minimum Gasteiger partial charge on any atom is -0.482 e. The molecule has 0 saturated carbocycles. The van der Waals surface area contributed by atoms with Crippen LogP contribution in [-0.2, 0) is 9.53 Å². The predicted octanol–water partition coefficient (Wildman–Crippen LogP) is 1.92. The molecular formula is C10H12O3S. The van der Waals surface area contributed by atoms with Gasteiger partial charge in [0, 0.05) is 4.90 Å². The Morgan fingerprint density at radius 3 is 2.93 bits per heavy atom. The van der Waals surface area contributed by atoms with Gasteiger partial charge in [0.2, 0.25) is 0 Å². The maximum atomic E-state index is 10.9. The van der Waals surface area contributed by atoms with E-state index in [9.17, 15) is 4.79 Å². The molecule has 0 atom stereocenters. The Morgan fingerprint density at radius 1 is 1.50 bits per heavy atom. The summed E-state index contributed by atoms with van der Waals surface area (Å²) in [6, 6.07) is 7.14. The van der Waals surface area contributed by atoms with Crippen LogP contribution in [0.3, 0.4) is 0 Å². The molecule has 0 saturated heterocycles. The summed E-state index contributed by atoms with van der Waals surface area (Å²) in [7, 11) is 0. The van der Waals surface area contributed by atoms with Crippen LogP contribution in [0.5, 0.6) is 5.75 Å². The highest BCUT2D eigenvalue weighted by Crippen LogP contribution is 2.15. The summed E-state index contributed by atoms with van der Waals surface area (Å²) in [6.07, 6.45) is 0. The van der Waals surface area contributed by atoms with E-state index in [1.807, 2.05) is 12.1 Å². The molecule has 0 unspecified atom stereocenters. The number of thiol groups is 1. The van der Waals surface area contributed by atoms with Crippen molar-refractivity contribution in [2.45, 2.75) is 11.8 Å². The second-order valence-electron chi connectivity index (χ2n) is 2.59. The summed E-state index contributed by atoms with van der Waals surface area (Å²) in [5, 5.41) is 0. The lowest BCUT2D eigenvalue weighted by Crippen LogP contribution is -2.14. The van der Waals surface area contributed by atoms with E-state index in [0.717, 1.165) is 4.90 Å². The average Bonchev–Trinajstić information content (AvgIpc) is 2.15. The van der Waals surface area contributed by atoms with Gasteiger partial charge in [-0.25, -0.2) is 4.79 Å². The minimum absolute atomic E-state index is 0.0644. The number of carbonyl (C=O) groups excluding carboxylic acids is 1. The van der Waals surface area contributed by atoms with Crippen molar-refractivity contribution in [3.8, 4) is 5.75 Å². The zero-order chi connectivity index (χ0) is 10.4. The lowest BCUT2D eigenvalue weighted by molar-refractivity contribution is -0.145. The van der Waals surface area contributed by atoms with E-state index in [4.69, 9.17) is 9.47 Å². The van der Waals surface area contributed by atoms with Gasteiger partial charge in [-0.05, 0) is 25.1 Å². The Labute approximate surface area is 88.4 Å². The third-order valence-corrected chi connectivity index (χ3v) is 1.76. The molecule has 0 aliphatic heterocycles. The molecule has 0 heterocycles. The molecule has 1 aromatic rings. The van der Waals surface area contributed by atoms with Gasteiger partial charge in [-0.15, -0.1) is 12.6 Å². The fourth-order valence-electron chi connectivity index (χ4n) is 0.918. The number of benzene rings is 1. The largest absolute Gasteiger partial charge is 0.482 e. The van der Waals surface area contributed by atoms with Crippen LogP contribution in [0.1, 0.15) is 6.92 Å². The van der Waals surface area contributed by atoms with Crippen molar-refractivity contribution >= 4 is 18.6 Å². The zero-order valence-electron chi connectivity index (χ0n) is 7.90. The Hall–Kier alpha value is -1.16. The first-order valence-electron chi connectivity index (χ1n) is 4.30. The second kappa shape index (κ2) is 5.54. The van der Waals surface area contributed by atoms with Crippen molar-refractivity contribution in [3.63, 3.8) is 0 Å². The predicted molar refractivity (Wildman–Crippen MR) is 55.8 cm³/mol. The summed E-state index contributed by atoms with van der Waals surface area (Å²) in [4.78, 5) is 11.7. The van der Waals surface area contributed by atoms with Crippen molar-refractivity contribution in [2.24, 2.45) is 0 Å². The smallest absolute Gasteiger partial charge is 0.344 e. The van der Waals surface area contributed by atoms with Gasteiger partial charge in [-0.3, -0.25) is 0 Å². The molecule has 0 radical (unpaired) electrons.